The van der Waals surface area contributed by atoms with E-state index >= 15 is 0 Å². The number of carbonyl (C=O) groups is 1. The van der Waals surface area contributed by atoms with Crippen LogP contribution in [0.25, 0.3) is 0 Å². The molecule has 1 saturated heterocycles. The third-order valence-electron chi connectivity index (χ3n) is 6.77. The smallest absolute Gasteiger partial charge is 0.250 e. The van der Waals surface area contributed by atoms with Crippen molar-refractivity contribution < 1.29 is 14.3 Å². The van der Waals surface area contributed by atoms with Gasteiger partial charge >= 0.3 is 0 Å². The summed E-state index contributed by atoms with van der Waals surface area (Å²) in [4.78, 5) is 42.9. The molecule has 2 aliphatic heterocycles. The summed E-state index contributed by atoms with van der Waals surface area (Å²) in [5, 5.41) is 10.5. The number of likely N-dealkylation sites (tertiary alicyclic amines) is 1. The maximum absolute atomic E-state index is 12.6. The predicted octanol–water partition coefficient (Wildman–Crippen LogP) is 1.53. The molecule has 2 aliphatic rings. The lowest BCUT2D eigenvalue weighted by atomic mass is 9.83. The standard InChI is InChI=1S/C25H26N4O5/c26-22(31)10-19(16-4-6-27-7-5-16)25-24(33)21(30)9-18(34-25)14-28-11-15-8-17(13-28)20-2-1-3-23(32)29(20)12-15/h1-7,9,15,17,19,33H,8,10-14H2,(H2,26,31)/t15-,17+,19?/m1/s1. The van der Waals surface area contributed by atoms with Gasteiger partial charge in [-0.25, -0.2) is 0 Å². The van der Waals surface area contributed by atoms with Crippen molar-refractivity contribution in [1.29, 1.82) is 0 Å². The number of hydrogen-bond acceptors (Lipinski definition) is 7. The second-order valence-corrected chi connectivity index (χ2v) is 9.19. The number of pyridine rings is 2. The lowest BCUT2D eigenvalue weighted by Crippen LogP contribution is -2.46. The van der Waals surface area contributed by atoms with E-state index in [9.17, 15) is 19.5 Å². The average Bonchev–Trinajstić information content (AvgIpc) is 2.81. The molecule has 176 valence electrons. The molecule has 5 heterocycles. The van der Waals surface area contributed by atoms with Crippen LogP contribution in [0.15, 0.2) is 62.8 Å². The van der Waals surface area contributed by atoms with Gasteiger partial charge in [-0.3, -0.25) is 24.3 Å². The van der Waals surface area contributed by atoms with Crippen LogP contribution in [0, 0.1) is 5.92 Å². The van der Waals surface area contributed by atoms with Gasteiger partial charge in [-0.05, 0) is 36.1 Å². The molecule has 5 rings (SSSR count). The normalized spacial score (nSPS) is 20.5. The van der Waals surface area contributed by atoms with Crippen LogP contribution in [0.1, 0.15) is 47.5 Å². The molecule has 34 heavy (non-hydrogen) atoms. The molecule has 9 nitrogen and oxygen atoms in total. The number of primary amides is 1. The summed E-state index contributed by atoms with van der Waals surface area (Å²) in [5.41, 5.74) is 6.64. The average molecular weight is 463 g/mol. The third kappa shape index (κ3) is 4.26. The summed E-state index contributed by atoms with van der Waals surface area (Å²) in [7, 11) is 0. The van der Waals surface area contributed by atoms with Crippen molar-refractivity contribution in [3.8, 4) is 5.75 Å². The molecule has 0 spiro atoms. The van der Waals surface area contributed by atoms with Crippen molar-refractivity contribution in [3.63, 3.8) is 0 Å². The second kappa shape index (κ2) is 8.90. The number of fused-ring (bicyclic) bond motifs is 4. The molecule has 1 unspecified atom stereocenters. The first-order valence-electron chi connectivity index (χ1n) is 11.3. The number of aromatic hydroxyl groups is 1. The first-order chi connectivity index (χ1) is 16.4. The van der Waals surface area contributed by atoms with Crippen molar-refractivity contribution in [2.75, 3.05) is 13.1 Å². The summed E-state index contributed by atoms with van der Waals surface area (Å²) < 4.78 is 7.92. The Labute approximate surface area is 195 Å². The molecule has 0 radical (unpaired) electrons. The maximum atomic E-state index is 12.6. The maximum Gasteiger partial charge on any atom is 0.250 e. The number of rotatable bonds is 6. The molecule has 2 bridgehead atoms. The Hall–Kier alpha value is -3.72. The molecular formula is C25H26N4O5. The zero-order chi connectivity index (χ0) is 23.8. The lowest BCUT2D eigenvalue weighted by molar-refractivity contribution is -0.118. The van der Waals surface area contributed by atoms with Crippen LogP contribution in [-0.4, -0.2) is 38.6 Å². The number of hydrogen-bond donors (Lipinski definition) is 2. The largest absolute Gasteiger partial charge is 0.502 e. The van der Waals surface area contributed by atoms with E-state index in [0.29, 0.717) is 30.3 Å². The number of nitrogens with two attached hydrogens (primary N) is 1. The van der Waals surface area contributed by atoms with Gasteiger partial charge < -0.3 is 19.8 Å². The first kappa shape index (κ1) is 22.1. The van der Waals surface area contributed by atoms with E-state index in [2.05, 4.69) is 9.88 Å². The van der Waals surface area contributed by atoms with Crippen LogP contribution in [0.4, 0.5) is 0 Å². The van der Waals surface area contributed by atoms with Crippen molar-refractivity contribution in [1.82, 2.24) is 14.5 Å². The van der Waals surface area contributed by atoms with Crippen LogP contribution in [0.2, 0.25) is 0 Å². The van der Waals surface area contributed by atoms with Crippen LogP contribution < -0.4 is 16.7 Å². The van der Waals surface area contributed by atoms with Crippen molar-refractivity contribution >= 4 is 5.91 Å². The van der Waals surface area contributed by atoms with Crippen molar-refractivity contribution in [3.05, 3.63) is 92.1 Å². The Morgan fingerprint density at radius 3 is 2.74 bits per heavy atom. The summed E-state index contributed by atoms with van der Waals surface area (Å²) >= 11 is 0. The predicted molar refractivity (Wildman–Crippen MR) is 123 cm³/mol. The summed E-state index contributed by atoms with van der Waals surface area (Å²) in [6.45, 7) is 2.56. The van der Waals surface area contributed by atoms with E-state index in [1.165, 1.54) is 6.07 Å². The number of amides is 1. The van der Waals surface area contributed by atoms with Gasteiger partial charge in [0.2, 0.25) is 17.1 Å². The van der Waals surface area contributed by atoms with Crippen molar-refractivity contribution in [2.24, 2.45) is 11.7 Å². The minimum atomic E-state index is -0.701. The summed E-state index contributed by atoms with van der Waals surface area (Å²) in [6.07, 6.45) is 4.03. The van der Waals surface area contributed by atoms with E-state index in [4.69, 9.17) is 10.2 Å². The molecule has 3 atom stereocenters. The van der Waals surface area contributed by atoms with Crippen molar-refractivity contribution in [2.45, 2.75) is 37.8 Å². The number of nitrogens with zero attached hydrogens (tertiary/aromatic N) is 3. The topological polar surface area (TPSA) is 132 Å². The molecule has 1 amide bonds. The quantitative estimate of drug-likeness (QED) is 0.568. The Kier molecular flexibility index (Phi) is 5.79. The molecule has 1 fully saturated rings. The van der Waals surface area contributed by atoms with Gasteiger partial charge in [-0.1, -0.05) is 6.07 Å². The highest BCUT2D eigenvalue weighted by molar-refractivity contribution is 5.75. The molecule has 3 N–H and O–H groups in total. The fourth-order valence-corrected chi connectivity index (χ4v) is 5.37. The molecule has 3 aromatic heterocycles. The fourth-order valence-electron chi connectivity index (χ4n) is 5.37. The molecule has 0 aliphatic carbocycles. The number of aromatic nitrogens is 2. The van der Waals surface area contributed by atoms with Gasteiger partial charge in [-0.2, -0.15) is 0 Å². The van der Waals surface area contributed by atoms with E-state index in [1.807, 2.05) is 10.6 Å². The Morgan fingerprint density at radius 1 is 1.18 bits per heavy atom. The van der Waals surface area contributed by atoms with Gasteiger partial charge in [0.05, 0.1) is 12.5 Å². The molecule has 0 saturated carbocycles. The van der Waals surface area contributed by atoms with Crippen LogP contribution in [0.5, 0.6) is 5.75 Å². The number of piperidine rings is 1. The molecular weight excluding hydrogens is 436 g/mol. The van der Waals surface area contributed by atoms with Gasteiger partial charge in [-0.15, -0.1) is 0 Å². The third-order valence-corrected chi connectivity index (χ3v) is 6.77. The highest BCUT2D eigenvalue weighted by Crippen LogP contribution is 2.36. The zero-order valence-electron chi connectivity index (χ0n) is 18.6. The lowest BCUT2D eigenvalue weighted by Gasteiger charge is -2.42. The highest BCUT2D eigenvalue weighted by atomic mass is 16.4. The van der Waals surface area contributed by atoms with Gasteiger partial charge in [0.25, 0.3) is 5.56 Å². The van der Waals surface area contributed by atoms with Gasteiger partial charge in [0, 0.05) is 62.2 Å². The summed E-state index contributed by atoms with van der Waals surface area (Å²) in [6, 6.07) is 10.1. The Bertz CT molecular complexity index is 1330. The molecule has 9 heteroatoms. The van der Waals surface area contributed by atoms with Crippen LogP contribution >= 0.6 is 0 Å². The Morgan fingerprint density at radius 2 is 1.97 bits per heavy atom. The van der Waals surface area contributed by atoms with E-state index in [0.717, 1.165) is 25.2 Å². The van der Waals surface area contributed by atoms with Crippen LogP contribution in [-0.2, 0) is 17.9 Å². The fraction of sp³-hybridized carbons (Fsp3) is 0.360. The van der Waals surface area contributed by atoms with E-state index in [-0.39, 0.29) is 23.7 Å². The second-order valence-electron chi connectivity index (χ2n) is 9.19. The van der Waals surface area contributed by atoms with E-state index in [1.54, 1.807) is 36.7 Å². The SMILES string of the molecule is NC(=O)CC(c1ccncc1)c1oc(CN2C[C@H]3C[C@@H](C2)c2cccc(=O)n2C3)cc(=O)c1O. The first-order valence-corrected chi connectivity index (χ1v) is 11.3. The number of carbonyl (C=O) groups excluding carboxylic acids is 1. The minimum Gasteiger partial charge on any atom is -0.502 e. The minimum absolute atomic E-state index is 0.0293. The summed E-state index contributed by atoms with van der Waals surface area (Å²) in [5.74, 6) is -0.804. The van der Waals surface area contributed by atoms with Gasteiger partial charge in [0.15, 0.2) is 5.76 Å². The van der Waals surface area contributed by atoms with Crippen LogP contribution in [0.3, 0.4) is 0 Å². The highest BCUT2D eigenvalue weighted by Gasteiger charge is 2.35. The molecule has 3 aromatic rings. The van der Waals surface area contributed by atoms with E-state index < -0.39 is 23.0 Å². The Balaban J connectivity index is 1.44. The molecule has 0 aromatic carbocycles. The monoisotopic (exact) mass is 462 g/mol. The zero-order valence-corrected chi connectivity index (χ0v) is 18.6. The van der Waals surface area contributed by atoms with Gasteiger partial charge in [0.1, 0.15) is 5.76 Å².